The first-order valence-electron chi connectivity index (χ1n) is 5.25. The van der Waals surface area contributed by atoms with E-state index in [0.29, 0.717) is 0 Å². The van der Waals surface area contributed by atoms with Gasteiger partial charge in [-0.25, -0.2) is 0 Å². The highest BCUT2D eigenvalue weighted by molar-refractivity contribution is 6.31. The zero-order chi connectivity index (χ0) is 14.6. The van der Waals surface area contributed by atoms with Crippen molar-refractivity contribution in [2.75, 3.05) is 6.61 Å². The number of hydrogen-bond donors (Lipinski definition) is 0. The van der Waals surface area contributed by atoms with Crippen molar-refractivity contribution in [1.82, 2.24) is 0 Å². The van der Waals surface area contributed by atoms with E-state index in [0.717, 1.165) is 12.1 Å². The Morgan fingerprint density at radius 2 is 2.11 bits per heavy atom. The normalized spacial score (nSPS) is 10.9. The average Bonchev–Trinajstić information content (AvgIpc) is 2.30. The number of nitriles is 1. The van der Waals surface area contributed by atoms with Crippen LogP contribution < -0.4 is 0 Å². The second-order valence-electron chi connectivity index (χ2n) is 3.54. The molecule has 102 valence electrons. The van der Waals surface area contributed by atoms with E-state index in [2.05, 4.69) is 4.74 Å². The van der Waals surface area contributed by atoms with Crippen molar-refractivity contribution in [3.63, 3.8) is 0 Å². The molecule has 1 rings (SSSR count). The van der Waals surface area contributed by atoms with Gasteiger partial charge in [-0.3, -0.25) is 4.79 Å². The number of ether oxygens (including phenoxy) is 1. The van der Waals surface area contributed by atoms with Gasteiger partial charge in [0.05, 0.1) is 24.2 Å². The van der Waals surface area contributed by atoms with E-state index in [1.807, 2.05) is 0 Å². The summed E-state index contributed by atoms with van der Waals surface area (Å²) >= 11 is 5.75. The molecule has 0 radical (unpaired) electrons. The standard InChI is InChI=1S/C12H9ClF3NO2/c1-2-19-11(18)5-7-8(6-17)9(12(14,15)16)3-4-10(7)13/h3-4H,2,5H2,1H3. The zero-order valence-corrected chi connectivity index (χ0v) is 10.6. The number of nitrogens with zero attached hydrogens (tertiary/aromatic N) is 1. The minimum Gasteiger partial charge on any atom is -0.466 e. The molecule has 0 saturated heterocycles. The SMILES string of the molecule is CCOC(=O)Cc1c(Cl)ccc(C(F)(F)F)c1C#N. The van der Waals surface area contributed by atoms with Gasteiger partial charge in [-0.2, -0.15) is 18.4 Å². The van der Waals surface area contributed by atoms with Crippen LogP contribution in [0.3, 0.4) is 0 Å². The van der Waals surface area contributed by atoms with Crippen LogP contribution in [0.1, 0.15) is 23.6 Å². The van der Waals surface area contributed by atoms with E-state index in [-0.39, 0.29) is 17.2 Å². The molecule has 0 atom stereocenters. The second kappa shape index (κ2) is 5.93. The Hall–Kier alpha value is -1.74. The molecule has 0 aliphatic heterocycles. The van der Waals surface area contributed by atoms with Crippen LogP contribution >= 0.6 is 11.6 Å². The fourth-order valence-electron chi connectivity index (χ4n) is 1.52. The molecular weight excluding hydrogens is 283 g/mol. The number of alkyl halides is 3. The summed E-state index contributed by atoms with van der Waals surface area (Å²) in [5.74, 6) is -0.736. The molecule has 3 nitrogen and oxygen atoms in total. The summed E-state index contributed by atoms with van der Waals surface area (Å²) in [6.07, 6.45) is -5.15. The number of rotatable bonds is 3. The van der Waals surface area contributed by atoms with Gasteiger partial charge in [0, 0.05) is 10.6 Å². The molecule has 0 heterocycles. The molecule has 0 amide bonds. The van der Waals surface area contributed by atoms with Crippen molar-refractivity contribution in [1.29, 1.82) is 5.26 Å². The highest BCUT2D eigenvalue weighted by Gasteiger charge is 2.35. The quantitative estimate of drug-likeness (QED) is 0.803. The number of halogens is 4. The third kappa shape index (κ3) is 3.61. The van der Waals surface area contributed by atoms with E-state index in [4.69, 9.17) is 16.9 Å². The highest BCUT2D eigenvalue weighted by Crippen LogP contribution is 2.35. The van der Waals surface area contributed by atoms with Crippen LogP contribution in [0.4, 0.5) is 13.2 Å². The lowest BCUT2D eigenvalue weighted by molar-refractivity contribution is -0.142. The van der Waals surface area contributed by atoms with Gasteiger partial charge in [0.25, 0.3) is 0 Å². The third-order valence-corrected chi connectivity index (χ3v) is 2.65. The summed E-state index contributed by atoms with van der Waals surface area (Å²) in [6, 6.07) is 3.18. The predicted octanol–water partition coefficient (Wildman–Crippen LogP) is 3.34. The summed E-state index contributed by atoms with van der Waals surface area (Å²) in [6.45, 7) is 1.66. The van der Waals surface area contributed by atoms with Crippen molar-refractivity contribution in [3.05, 3.63) is 33.8 Å². The van der Waals surface area contributed by atoms with Crippen molar-refractivity contribution in [3.8, 4) is 6.07 Å². The lowest BCUT2D eigenvalue weighted by Crippen LogP contribution is -2.14. The molecule has 0 unspecified atom stereocenters. The topological polar surface area (TPSA) is 50.1 Å². The van der Waals surface area contributed by atoms with Crippen LogP contribution in [0.5, 0.6) is 0 Å². The van der Waals surface area contributed by atoms with Gasteiger partial charge in [0.1, 0.15) is 6.07 Å². The number of hydrogen-bond acceptors (Lipinski definition) is 3. The van der Waals surface area contributed by atoms with Crippen molar-refractivity contribution in [2.24, 2.45) is 0 Å². The summed E-state index contributed by atoms with van der Waals surface area (Å²) in [5.41, 5.74) is -1.93. The number of benzene rings is 1. The largest absolute Gasteiger partial charge is 0.466 e. The maximum absolute atomic E-state index is 12.7. The molecule has 0 aromatic heterocycles. The molecule has 1 aromatic rings. The Balaban J connectivity index is 3.31. The van der Waals surface area contributed by atoms with Crippen LogP contribution in [-0.2, 0) is 22.1 Å². The fourth-order valence-corrected chi connectivity index (χ4v) is 1.74. The Labute approximate surface area is 112 Å². The molecule has 0 bridgehead atoms. The van der Waals surface area contributed by atoms with Crippen molar-refractivity contribution >= 4 is 17.6 Å². The van der Waals surface area contributed by atoms with Crippen LogP contribution in [0, 0.1) is 11.3 Å². The van der Waals surface area contributed by atoms with Crippen LogP contribution in [-0.4, -0.2) is 12.6 Å². The lowest BCUT2D eigenvalue weighted by atomic mass is 9.99. The van der Waals surface area contributed by atoms with Gasteiger partial charge < -0.3 is 4.74 Å². The maximum atomic E-state index is 12.7. The highest BCUT2D eigenvalue weighted by atomic mass is 35.5. The van der Waals surface area contributed by atoms with Gasteiger partial charge in [-0.05, 0) is 19.1 Å². The van der Waals surface area contributed by atoms with Gasteiger partial charge in [0.15, 0.2) is 0 Å². The number of carbonyl (C=O) groups excluding carboxylic acids is 1. The fraction of sp³-hybridized carbons (Fsp3) is 0.333. The van der Waals surface area contributed by atoms with E-state index in [9.17, 15) is 18.0 Å². The smallest absolute Gasteiger partial charge is 0.417 e. The third-order valence-electron chi connectivity index (χ3n) is 2.30. The molecule has 0 aliphatic carbocycles. The van der Waals surface area contributed by atoms with E-state index < -0.39 is 29.7 Å². The van der Waals surface area contributed by atoms with Crippen molar-refractivity contribution < 1.29 is 22.7 Å². The second-order valence-corrected chi connectivity index (χ2v) is 3.95. The van der Waals surface area contributed by atoms with Crippen LogP contribution in [0.25, 0.3) is 0 Å². The van der Waals surface area contributed by atoms with Gasteiger partial charge in [-0.1, -0.05) is 11.6 Å². The average molecular weight is 292 g/mol. The molecule has 0 aliphatic rings. The number of carbonyl (C=O) groups is 1. The minimum absolute atomic E-state index is 0.0717. The number of esters is 1. The van der Waals surface area contributed by atoms with Gasteiger partial charge in [0.2, 0.25) is 0 Å². The van der Waals surface area contributed by atoms with E-state index >= 15 is 0 Å². The lowest BCUT2D eigenvalue weighted by Gasteiger charge is -2.13. The summed E-state index contributed by atoms with van der Waals surface area (Å²) in [5, 5.41) is 8.80. The monoisotopic (exact) mass is 291 g/mol. The summed E-state index contributed by atoms with van der Waals surface area (Å²) in [4.78, 5) is 11.3. The molecule has 1 aromatic carbocycles. The van der Waals surface area contributed by atoms with Crippen LogP contribution in [0.2, 0.25) is 5.02 Å². The first-order chi connectivity index (χ1) is 8.81. The zero-order valence-electron chi connectivity index (χ0n) is 9.84. The first-order valence-corrected chi connectivity index (χ1v) is 5.63. The minimum atomic E-state index is -4.68. The Kier molecular flexibility index (Phi) is 4.78. The van der Waals surface area contributed by atoms with E-state index in [1.165, 1.54) is 6.07 Å². The molecule has 0 spiro atoms. The maximum Gasteiger partial charge on any atom is 0.417 e. The van der Waals surface area contributed by atoms with Gasteiger partial charge >= 0.3 is 12.1 Å². The van der Waals surface area contributed by atoms with Gasteiger partial charge in [-0.15, -0.1) is 0 Å². The Bertz CT molecular complexity index is 535. The molecule has 0 N–H and O–H groups in total. The molecular formula is C12H9ClF3NO2. The predicted molar refractivity (Wildman–Crippen MR) is 61.5 cm³/mol. The molecule has 0 saturated carbocycles. The molecule has 19 heavy (non-hydrogen) atoms. The summed E-state index contributed by atoms with van der Waals surface area (Å²) in [7, 11) is 0. The first kappa shape index (κ1) is 15.3. The molecule has 7 heteroatoms. The Morgan fingerprint density at radius 1 is 1.47 bits per heavy atom. The molecule has 0 fully saturated rings. The van der Waals surface area contributed by atoms with E-state index in [1.54, 1.807) is 6.92 Å². The Morgan fingerprint density at radius 3 is 2.58 bits per heavy atom. The van der Waals surface area contributed by atoms with Crippen molar-refractivity contribution in [2.45, 2.75) is 19.5 Å². The summed E-state index contributed by atoms with van der Waals surface area (Å²) < 4.78 is 42.8. The van der Waals surface area contributed by atoms with Crippen LogP contribution in [0.15, 0.2) is 12.1 Å².